The highest BCUT2D eigenvalue weighted by Crippen LogP contribution is 2.21. The van der Waals surface area contributed by atoms with Gasteiger partial charge in [-0.05, 0) is 42.7 Å². The van der Waals surface area contributed by atoms with Crippen LogP contribution in [0, 0.1) is 5.92 Å². The molecule has 140 valence electrons. The molecule has 1 saturated heterocycles. The fourth-order valence-electron chi connectivity index (χ4n) is 2.92. The van der Waals surface area contributed by atoms with Gasteiger partial charge in [0.25, 0.3) is 0 Å². The molecule has 1 N–H and O–H groups in total. The molecule has 1 aromatic heterocycles. The van der Waals surface area contributed by atoms with Gasteiger partial charge in [-0.1, -0.05) is 45.7 Å². The number of halogens is 2. The first kappa shape index (κ1) is 19.6. The number of pyridine rings is 1. The summed E-state index contributed by atoms with van der Waals surface area (Å²) in [5, 5.41) is 3.33. The molecular formula is C20H19BrClN3O2. The van der Waals surface area contributed by atoms with E-state index in [9.17, 15) is 9.59 Å². The zero-order chi connectivity index (χ0) is 19.2. The predicted molar refractivity (Wildman–Crippen MR) is 110 cm³/mol. The Balaban J connectivity index is 1.50. The first-order valence-electron chi connectivity index (χ1n) is 8.67. The highest BCUT2D eigenvalue weighted by Gasteiger charge is 2.26. The summed E-state index contributed by atoms with van der Waals surface area (Å²) in [6, 6.07) is 11.1. The molecule has 0 aliphatic carbocycles. The van der Waals surface area contributed by atoms with Crippen molar-refractivity contribution in [2.45, 2.75) is 12.8 Å². The van der Waals surface area contributed by atoms with E-state index in [0.29, 0.717) is 36.8 Å². The molecule has 1 aliphatic rings. The quantitative estimate of drug-likeness (QED) is 0.706. The molecule has 5 nitrogen and oxygen atoms in total. The number of anilines is 1. The largest absolute Gasteiger partial charge is 0.339 e. The molecule has 1 aliphatic heterocycles. The summed E-state index contributed by atoms with van der Waals surface area (Å²) >= 11 is 9.26. The molecule has 0 spiro atoms. The van der Waals surface area contributed by atoms with Crippen LogP contribution in [0.15, 0.2) is 53.1 Å². The molecule has 1 fully saturated rings. The average Bonchev–Trinajstić information content (AvgIpc) is 2.69. The van der Waals surface area contributed by atoms with E-state index < -0.39 is 0 Å². The highest BCUT2D eigenvalue weighted by molar-refractivity contribution is 9.10. The number of hydrogen-bond donors (Lipinski definition) is 1. The Labute approximate surface area is 171 Å². The third-order valence-electron chi connectivity index (χ3n) is 4.47. The first-order chi connectivity index (χ1) is 13.0. The summed E-state index contributed by atoms with van der Waals surface area (Å²) in [4.78, 5) is 30.6. The summed E-state index contributed by atoms with van der Waals surface area (Å²) in [5.41, 5.74) is 0.954. The molecule has 0 bridgehead atoms. The molecule has 7 heteroatoms. The molecule has 0 radical (unpaired) electrons. The van der Waals surface area contributed by atoms with Crippen LogP contribution in [0.25, 0.3) is 6.08 Å². The first-order valence-corrected chi connectivity index (χ1v) is 9.84. The molecule has 0 saturated carbocycles. The Bertz CT molecular complexity index is 847. The van der Waals surface area contributed by atoms with E-state index in [1.807, 2.05) is 24.3 Å². The maximum absolute atomic E-state index is 12.4. The second-order valence-electron chi connectivity index (χ2n) is 6.31. The van der Waals surface area contributed by atoms with Crippen LogP contribution in [0.4, 0.5) is 5.82 Å². The van der Waals surface area contributed by atoms with Crippen LogP contribution >= 0.6 is 27.5 Å². The van der Waals surface area contributed by atoms with Crippen LogP contribution in [0.3, 0.4) is 0 Å². The Morgan fingerprint density at radius 3 is 2.59 bits per heavy atom. The van der Waals surface area contributed by atoms with E-state index >= 15 is 0 Å². The standard InChI is InChI=1S/C20H19BrClN3O2/c21-17-4-2-1-3-14(17)5-8-19(26)25-11-9-15(10-12-25)20(27)24-18-7-6-16(22)13-23-18/h1-8,13,15H,9-12H2,(H,23,24,27)/b8-5+. The molecule has 27 heavy (non-hydrogen) atoms. The number of nitrogens with one attached hydrogen (secondary N) is 1. The predicted octanol–water partition coefficient (Wildman–Crippen LogP) is 4.39. The van der Waals surface area contributed by atoms with Crippen molar-refractivity contribution in [2.24, 2.45) is 5.92 Å². The maximum Gasteiger partial charge on any atom is 0.246 e. The van der Waals surface area contributed by atoms with Crippen LogP contribution in [-0.4, -0.2) is 34.8 Å². The number of carbonyl (C=O) groups is 2. The zero-order valence-electron chi connectivity index (χ0n) is 14.6. The van der Waals surface area contributed by atoms with Gasteiger partial charge in [-0.25, -0.2) is 4.98 Å². The number of rotatable bonds is 4. The van der Waals surface area contributed by atoms with Gasteiger partial charge in [0.2, 0.25) is 11.8 Å². The number of likely N-dealkylation sites (tertiary alicyclic amines) is 1. The van der Waals surface area contributed by atoms with Crippen LogP contribution in [-0.2, 0) is 9.59 Å². The number of piperidine rings is 1. The van der Waals surface area contributed by atoms with E-state index in [2.05, 4.69) is 26.2 Å². The molecule has 1 aromatic carbocycles. The minimum absolute atomic E-state index is 0.0380. The number of carbonyl (C=O) groups excluding carboxylic acids is 2. The second kappa shape index (κ2) is 9.15. The van der Waals surface area contributed by atoms with Gasteiger partial charge < -0.3 is 10.2 Å². The van der Waals surface area contributed by atoms with Crippen LogP contribution < -0.4 is 5.32 Å². The van der Waals surface area contributed by atoms with Crippen molar-refractivity contribution in [3.63, 3.8) is 0 Å². The lowest BCUT2D eigenvalue weighted by Gasteiger charge is -2.30. The van der Waals surface area contributed by atoms with Gasteiger partial charge in [-0.3, -0.25) is 9.59 Å². The lowest BCUT2D eigenvalue weighted by atomic mass is 9.96. The maximum atomic E-state index is 12.4. The second-order valence-corrected chi connectivity index (χ2v) is 7.60. The van der Waals surface area contributed by atoms with Crippen molar-refractivity contribution in [3.8, 4) is 0 Å². The van der Waals surface area contributed by atoms with Crippen molar-refractivity contribution < 1.29 is 9.59 Å². The molecular weight excluding hydrogens is 430 g/mol. The minimum Gasteiger partial charge on any atom is -0.339 e. The van der Waals surface area contributed by atoms with E-state index in [1.54, 1.807) is 29.2 Å². The van der Waals surface area contributed by atoms with Gasteiger partial charge in [-0.15, -0.1) is 0 Å². The zero-order valence-corrected chi connectivity index (χ0v) is 16.9. The van der Waals surface area contributed by atoms with Crippen molar-refractivity contribution in [1.82, 2.24) is 9.88 Å². The van der Waals surface area contributed by atoms with Crippen molar-refractivity contribution in [3.05, 3.63) is 63.7 Å². The van der Waals surface area contributed by atoms with E-state index in [1.165, 1.54) is 6.20 Å². The van der Waals surface area contributed by atoms with Crippen LogP contribution in [0.5, 0.6) is 0 Å². The molecule has 0 unspecified atom stereocenters. The summed E-state index contributed by atoms with van der Waals surface area (Å²) in [7, 11) is 0. The molecule has 2 amide bonds. The summed E-state index contributed by atoms with van der Waals surface area (Å²) in [5.74, 6) is 0.253. The van der Waals surface area contributed by atoms with Gasteiger partial charge >= 0.3 is 0 Å². The van der Waals surface area contributed by atoms with Gasteiger partial charge in [0, 0.05) is 35.8 Å². The lowest BCUT2D eigenvalue weighted by Crippen LogP contribution is -2.40. The Morgan fingerprint density at radius 1 is 1.19 bits per heavy atom. The monoisotopic (exact) mass is 447 g/mol. The van der Waals surface area contributed by atoms with E-state index in [0.717, 1.165) is 10.0 Å². The topological polar surface area (TPSA) is 62.3 Å². The Kier molecular flexibility index (Phi) is 6.63. The lowest BCUT2D eigenvalue weighted by molar-refractivity contribution is -0.130. The molecule has 2 heterocycles. The van der Waals surface area contributed by atoms with Crippen molar-refractivity contribution in [2.75, 3.05) is 18.4 Å². The minimum atomic E-state index is -0.126. The number of nitrogens with zero attached hydrogens (tertiary/aromatic N) is 2. The molecule has 3 rings (SSSR count). The van der Waals surface area contributed by atoms with Crippen molar-refractivity contribution in [1.29, 1.82) is 0 Å². The summed E-state index contributed by atoms with van der Waals surface area (Å²) in [6.45, 7) is 1.12. The smallest absolute Gasteiger partial charge is 0.246 e. The fraction of sp³-hybridized carbons (Fsp3) is 0.250. The fourth-order valence-corrected chi connectivity index (χ4v) is 3.45. The number of amides is 2. The van der Waals surface area contributed by atoms with Gasteiger partial charge in [0.05, 0.1) is 5.02 Å². The third kappa shape index (κ3) is 5.40. The normalized spacial score (nSPS) is 15.1. The Hall–Kier alpha value is -2.18. The van der Waals surface area contributed by atoms with Gasteiger partial charge in [-0.2, -0.15) is 0 Å². The average molecular weight is 449 g/mol. The van der Waals surface area contributed by atoms with Crippen LogP contribution in [0.1, 0.15) is 18.4 Å². The molecule has 2 aromatic rings. The third-order valence-corrected chi connectivity index (χ3v) is 5.41. The summed E-state index contributed by atoms with van der Waals surface area (Å²) in [6.07, 6.45) is 6.15. The SMILES string of the molecule is O=C(Nc1ccc(Cl)cn1)C1CCN(C(=O)/C=C/c2ccccc2Br)CC1. The number of benzene rings is 1. The van der Waals surface area contributed by atoms with Gasteiger partial charge in [0.1, 0.15) is 5.82 Å². The highest BCUT2D eigenvalue weighted by atomic mass is 79.9. The van der Waals surface area contributed by atoms with E-state index in [4.69, 9.17) is 11.6 Å². The summed E-state index contributed by atoms with van der Waals surface area (Å²) < 4.78 is 0.945. The number of aromatic nitrogens is 1. The van der Waals surface area contributed by atoms with E-state index in [-0.39, 0.29) is 17.7 Å². The van der Waals surface area contributed by atoms with Crippen molar-refractivity contribution >= 4 is 51.2 Å². The van der Waals surface area contributed by atoms with Crippen LogP contribution in [0.2, 0.25) is 5.02 Å². The molecule has 0 atom stereocenters. The Morgan fingerprint density at radius 2 is 1.93 bits per heavy atom. The number of hydrogen-bond acceptors (Lipinski definition) is 3. The van der Waals surface area contributed by atoms with Gasteiger partial charge in [0.15, 0.2) is 0 Å².